The molecular weight excluding hydrogens is 270 g/mol. The van der Waals surface area contributed by atoms with E-state index in [4.69, 9.17) is 5.73 Å². The van der Waals surface area contributed by atoms with Crippen molar-refractivity contribution in [2.45, 2.75) is 37.6 Å². The van der Waals surface area contributed by atoms with Gasteiger partial charge >= 0.3 is 0 Å². The van der Waals surface area contributed by atoms with Crippen molar-refractivity contribution in [3.05, 3.63) is 35.4 Å². The molecule has 2 aliphatic rings. The Morgan fingerprint density at radius 1 is 1.29 bits per heavy atom. The summed E-state index contributed by atoms with van der Waals surface area (Å²) in [4.78, 5) is 25.5. The zero-order chi connectivity index (χ0) is 15.0. The van der Waals surface area contributed by atoms with Crippen molar-refractivity contribution in [2.75, 3.05) is 6.54 Å². The number of aliphatic hydroxyl groups excluding tert-OH is 1. The molecule has 1 aromatic carbocycles. The Kier molecular flexibility index (Phi) is 3.65. The third kappa shape index (κ3) is 2.64. The number of benzene rings is 1. The van der Waals surface area contributed by atoms with Gasteiger partial charge in [0.1, 0.15) is 6.04 Å². The van der Waals surface area contributed by atoms with Gasteiger partial charge in [-0.15, -0.1) is 0 Å². The normalized spacial score (nSPS) is 28.2. The van der Waals surface area contributed by atoms with Gasteiger partial charge in [-0.1, -0.05) is 24.3 Å². The molecular formula is C15H19N3O3. The van der Waals surface area contributed by atoms with Gasteiger partial charge in [-0.05, 0) is 17.5 Å². The highest BCUT2D eigenvalue weighted by molar-refractivity contribution is 5.90. The summed E-state index contributed by atoms with van der Waals surface area (Å²) >= 11 is 0. The quantitative estimate of drug-likeness (QED) is 0.661. The van der Waals surface area contributed by atoms with Gasteiger partial charge in [0.2, 0.25) is 11.8 Å². The molecule has 2 heterocycles. The van der Waals surface area contributed by atoms with Crippen LogP contribution in [0, 0.1) is 0 Å². The van der Waals surface area contributed by atoms with E-state index in [9.17, 15) is 14.7 Å². The number of hydrogen-bond donors (Lipinski definition) is 3. The van der Waals surface area contributed by atoms with E-state index in [1.807, 2.05) is 24.3 Å². The summed E-state index contributed by atoms with van der Waals surface area (Å²) in [5.41, 5.74) is 7.66. The van der Waals surface area contributed by atoms with Gasteiger partial charge in [-0.25, -0.2) is 0 Å². The summed E-state index contributed by atoms with van der Waals surface area (Å²) in [7, 11) is 0. The van der Waals surface area contributed by atoms with Gasteiger partial charge in [0.25, 0.3) is 0 Å². The fourth-order valence-corrected chi connectivity index (χ4v) is 3.16. The summed E-state index contributed by atoms with van der Waals surface area (Å²) in [5, 5.41) is 12.9. The second-order valence-corrected chi connectivity index (χ2v) is 5.70. The first kappa shape index (κ1) is 14.0. The van der Waals surface area contributed by atoms with Crippen LogP contribution in [-0.2, 0) is 22.6 Å². The average molecular weight is 289 g/mol. The van der Waals surface area contributed by atoms with E-state index in [2.05, 4.69) is 5.32 Å². The van der Waals surface area contributed by atoms with Crippen LogP contribution in [0.15, 0.2) is 24.3 Å². The maximum Gasteiger partial charge on any atom is 0.240 e. The molecule has 3 rings (SSSR count). The molecule has 3 atom stereocenters. The van der Waals surface area contributed by atoms with Crippen molar-refractivity contribution < 1.29 is 14.7 Å². The van der Waals surface area contributed by atoms with Gasteiger partial charge in [0.15, 0.2) is 0 Å². The molecule has 0 bridgehead atoms. The molecule has 0 aliphatic carbocycles. The minimum Gasteiger partial charge on any atom is -0.391 e. The first-order chi connectivity index (χ1) is 10.1. The van der Waals surface area contributed by atoms with E-state index < -0.39 is 18.1 Å². The molecule has 21 heavy (non-hydrogen) atoms. The van der Waals surface area contributed by atoms with E-state index in [0.29, 0.717) is 13.0 Å². The Labute approximate surface area is 122 Å². The molecule has 0 saturated carbocycles. The highest BCUT2D eigenvalue weighted by Gasteiger charge is 2.40. The maximum atomic E-state index is 12.6. The van der Waals surface area contributed by atoms with E-state index in [-0.39, 0.29) is 24.9 Å². The lowest BCUT2D eigenvalue weighted by Gasteiger charge is -2.31. The molecule has 2 amide bonds. The zero-order valence-electron chi connectivity index (χ0n) is 11.7. The summed E-state index contributed by atoms with van der Waals surface area (Å²) in [5.74, 6) is -0.721. The molecule has 112 valence electrons. The second-order valence-electron chi connectivity index (χ2n) is 5.70. The zero-order valence-corrected chi connectivity index (χ0v) is 11.7. The molecule has 0 spiro atoms. The van der Waals surface area contributed by atoms with E-state index in [1.165, 1.54) is 10.5 Å². The van der Waals surface area contributed by atoms with Crippen molar-refractivity contribution in [2.24, 2.45) is 5.73 Å². The number of nitrogens with two attached hydrogens (primary N) is 1. The summed E-state index contributed by atoms with van der Waals surface area (Å²) in [6.07, 6.45) is 0.139. The number of amides is 2. The molecule has 0 radical (unpaired) electrons. The van der Waals surface area contributed by atoms with Crippen LogP contribution in [0.2, 0.25) is 0 Å². The highest BCUT2D eigenvalue weighted by atomic mass is 16.3. The molecule has 1 saturated heterocycles. The molecule has 4 N–H and O–H groups in total. The van der Waals surface area contributed by atoms with Gasteiger partial charge in [-0.3, -0.25) is 9.59 Å². The lowest BCUT2D eigenvalue weighted by Crippen LogP contribution is -2.53. The van der Waals surface area contributed by atoms with Crippen LogP contribution in [0.1, 0.15) is 17.5 Å². The summed E-state index contributed by atoms with van der Waals surface area (Å²) in [6, 6.07) is 6.91. The van der Waals surface area contributed by atoms with Crippen molar-refractivity contribution in [3.8, 4) is 0 Å². The molecule has 6 heteroatoms. The fourth-order valence-electron chi connectivity index (χ4n) is 3.16. The number of carbonyl (C=O) groups excluding carboxylic acids is 2. The highest BCUT2D eigenvalue weighted by Crippen LogP contribution is 2.22. The standard InChI is InChI=1S/C15H19N3O3/c16-14(20)13-6-11(19)8-18(13)15(21)12-5-9-3-1-2-4-10(9)7-17-12/h1-4,11-13,17,19H,5-8H2,(H2,16,20)/t11?,12-,13?/m1/s1. The fraction of sp³-hybridized carbons (Fsp3) is 0.467. The number of fused-ring (bicyclic) bond motifs is 1. The van der Waals surface area contributed by atoms with E-state index in [1.54, 1.807) is 0 Å². The second kappa shape index (κ2) is 5.46. The monoisotopic (exact) mass is 289 g/mol. The van der Waals surface area contributed by atoms with Gasteiger partial charge in [-0.2, -0.15) is 0 Å². The summed E-state index contributed by atoms with van der Waals surface area (Å²) < 4.78 is 0. The molecule has 2 aliphatic heterocycles. The number of primary amides is 1. The first-order valence-electron chi connectivity index (χ1n) is 7.14. The SMILES string of the molecule is NC(=O)C1CC(O)CN1C(=O)[C@H]1Cc2ccccc2CN1. The Morgan fingerprint density at radius 2 is 2.00 bits per heavy atom. The molecule has 6 nitrogen and oxygen atoms in total. The number of aliphatic hydroxyl groups is 1. The van der Waals surface area contributed by atoms with Crippen LogP contribution in [0.3, 0.4) is 0 Å². The topological polar surface area (TPSA) is 95.7 Å². The van der Waals surface area contributed by atoms with Crippen molar-refractivity contribution in [3.63, 3.8) is 0 Å². The van der Waals surface area contributed by atoms with Crippen LogP contribution in [0.5, 0.6) is 0 Å². The number of hydrogen-bond acceptors (Lipinski definition) is 4. The predicted molar refractivity (Wildman–Crippen MR) is 76.1 cm³/mol. The molecule has 1 fully saturated rings. The van der Waals surface area contributed by atoms with E-state index in [0.717, 1.165) is 5.56 Å². The van der Waals surface area contributed by atoms with Crippen LogP contribution in [0.25, 0.3) is 0 Å². The summed E-state index contributed by atoms with van der Waals surface area (Å²) in [6.45, 7) is 0.802. The Balaban J connectivity index is 1.76. The van der Waals surface area contributed by atoms with E-state index >= 15 is 0 Å². The largest absolute Gasteiger partial charge is 0.391 e. The van der Waals surface area contributed by atoms with Crippen molar-refractivity contribution in [1.29, 1.82) is 0 Å². The molecule has 2 unspecified atom stereocenters. The lowest BCUT2D eigenvalue weighted by molar-refractivity contribution is -0.139. The number of nitrogens with zero attached hydrogens (tertiary/aromatic N) is 1. The lowest BCUT2D eigenvalue weighted by atomic mass is 9.95. The minimum absolute atomic E-state index is 0.162. The van der Waals surface area contributed by atoms with Crippen molar-refractivity contribution in [1.82, 2.24) is 10.2 Å². The number of rotatable bonds is 2. The number of nitrogens with one attached hydrogen (secondary N) is 1. The third-order valence-corrected chi connectivity index (χ3v) is 4.27. The van der Waals surface area contributed by atoms with Crippen molar-refractivity contribution >= 4 is 11.8 Å². The van der Waals surface area contributed by atoms with Crippen LogP contribution < -0.4 is 11.1 Å². The average Bonchev–Trinajstić information content (AvgIpc) is 2.88. The van der Waals surface area contributed by atoms with Crippen LogP contribution in [0.4, 0.5) is 0 Å². The molecule has 0 aromatic heterocycles. The van der Waals surface area contributed by atoms with Gasteiger partial charge in [0.05, 0.1) is 12.1 Å². The molecule has 1 aromatic rings. The Bertz CT molecular complexity index is 575. The smallest absolute Gasteiger partial charge is 0.240 e. The number of β-amino-alcohol motifs (C(OH)–C–C–N with tert-alkyl or cyclic N) is 1. The van der Waals surface area contributed by atoms with Crippen LogP contribution >= 0.6 is 0 Å². The number of carbonyl (C=O) groups is 2. The van der Waals surface area contributed by atoms with Gasteiger partial charge in [0, 0.05) is 19.5 Å². The minimum atomic E-state index is -0.702. The number of likely N-dealkylation sites (tertiary alicyclic amines) is 1. The predicted octanol–water partition coefficient (Wildman–Crippen LogP) is -0.852. The Morgan fingerprint density at radius 3 is 2.71 bits per heavy atom. The third-order valence-electron chi connectivity index (χ3n) is 4.27. The first-order valence-corrected chi connectivity index (χ1v) is 7.14. The van der Waals surface area contributed by atoms with Crippen LogP contribution in [-0.4, -0.2) is 46.6 Å². The van der Waals surface area contributed by atoms with Gasteiger partial charge < -0.3 is 21.1 Å². The Hall–Kier alpha value is -1.92. The maximum absolute atomic E-state index is 12.6.